The summed E-state index contributed by atoms with van der Waals surface area (Å²) in [6, 6.07) is 0.653. The Morgan fingerprint density at radius 1 is 1.43 bits per heavy atom. The van der Waals surface area contributed by atoms with Crippen LogP contribution in [0.3, 0.4) is 0 Å². The van der Waals surface area contributed by atoms with Crippen molar-refractivity contribution in [3.8, 4) is 0 Å². The van der Waals surface area contributed by atoms with Crippen molar-refractivity contribution in [3.05, 3.63) is 0 Å². The maximum atomic E-state index is 4.63. The van der Waals surface area contributed by atoms with Crippen LogP contribution in [0.25, 0.3) is 0 Å². The van der Waals surface area contributed by atoms with E-state index < -0.39 is 0 Å². The molecule has 0 aromatic heterocycles. The van der Waals surface area contributed by atoms with Gasteiger partial charge in [0, 0.05) is 18.3 Å². The molecule has 0 aromatic carbocycles. The topological polar surface area (TPSA) is 24.4 Å². The van der Waals surface area contributed by atoms with Gasteiger partial charge in [0.15, 0.2) is 5.17 Å². The zero-order valence-corrected chi connectivity index (χ0v) is 10.4. The number of nitrogens with one attached hydrogen (secondary N) is 1. The number of thioether (sulfide) groups is 1. The maximum absolute atomic E-state index is 4.63. The summed E-state index contributed by atoms with van der Waals surface area (Å²) >= 11 is 1.88. The minimum Gasteiger partial charge on any atom is -0.361 e. The molecule has 14 heavy (non-hydrogen) atoms. The molecule has 2 nitrogen and oxygen atoms in total. The van der Waals surface area contributed by atoms with Crippen molar-refractivity contribution >= 4 is 16.9 Å². The molecule has 0 radical (unpaired) electrons. The lowest BCUT2D eigenvalue weighted by Gasteiger charge is -2.09. The van der Waals surface area contributed by atoms with Crippen molar-refractivity contribution in [1.29, 1.82) is 0 Å². The minimum absolute atomic E-state index is 0.653. The van der Waals surface area contributed by atoms with Crippen molar-refractivity contribution in [2.24, 2.45) is 10.9 Å². The Labute approximate surface area is 92.0 Å². The van der Waals surface area contributed by atoms with E-state index in [2.05, 4.69) is 31.1 Å². The van der Waals surface area contributed by atoms with Gasteiger partial charge in [0.1, 0.15) is 0 Å². The molecule has 3 heteroatoms. The van der Waals surface area contributed by atoms with Crippen LogP contribution in [0.2, 0.25) is 0 Å². The Balaban J connectivity index is 2.31. The Bertz CT molecular complexity index is 188. The zero-order chi connectivity index (χ0) is 10.4. The van der Waals surface area contributed by atoms with Crippen LogP contribution in [0.5, 0.6) is 0 Å². The molecule has 0 aromatic rings. The Morgan fingerprint density at radius 2 is 2.14 bits per heavy atom. The fraction of sp³-hybridized carbons (Fsp3) is 0.909. The van der Waals surface area contributed by atoms with Crippen LogP contribution in [0.15, 0.2) is 4.99 Å². The summed E-state index contributed by atoms with van der Waals surface area (Å²) in [4.78, 5) is 4.63. The summed E-state index contributed by atoms with van der Waals surface area (Å²) < 4.78 is 0. The average Bonchev–Trinajstić information content (AvgIpc) is 2.67. The first-order valence-electron chi connectivity index (χ1n) is 5.73. The van der Waals surface area contributed by atoms with Gasteiger partial charge in [-0.25, -0.2) is 0 Å². The number of hydrogen-bond donors (Lipinski definition) is 1. The predicted molar refractivity (Wildman–Crippen MR) is 66.0 cm³/mol. The molecule has 1 aliphatic heterocycles. The molecule has 0 aliphatic carbocycles. The second-order valence-electron chi connectivity index (χ2n) is 3.89. The highest BCUT2D eigenvalue weighted by atomic mass is 32.2. The van der Waals surface area contributed by atoms with Crippen LogP contribution in [0.1, 0.15) is 40.0 Å². The van der Waals surface area contributed by atoms with E-state index >= 15 is 0 Å². The average molecular weight is 214 g/mol. The molecule has 1 fully saturated rings. The third-order valence-corrected chi connectivity index (χ3v) is 3.98. The van der Waals surface area contributed by atoms with E-state index in [-0.39, 0.29) is 0 Å². The fourth-order valence-electron chi connectivity index (χ4n) is 1.51. The van der Waals surface area contributed by atoms with Gasteiger partial charge in [0.2, 0.25) is 0 Å². The quantitative estimate of drug-likeness (QED) is 0.761. The summed E-state index contributed by atoms with van der Waals surface area (Å²) in [6.45, 7) is 7.72. The van der Waals surface area contributed by atoms with Gasteiger partial charge in [-0.2, -0.15) is 0 Å². The standard InChI is InChI=1S/C11H22N2S/c1-4-9(5-2)7-12-11-13-10(6-3)8-14-11/h9-10H,4-8H2,1-3H3,(H,12,13). The molecule has 1 unspecified atom stereocenters. The molecular formula is C11H22N2S. The molecule has 0 spiro atoms. The first kappa shape index (κ1) is 11.9. The number of hydrogen-bond acceptors (Lipinski definition) is 2. The van der Waals surface area contributed by atoms with E-state index in [9.17, 15) is 0 Å². The van der Waals surface area contributed by atoms with Crippen LogP contribution in [-0.2, 0) is 0 Å². The number of rotatable bonds is 5. The second-order valence-corrected chi connectivity index (χ2v) is 4.90. The molecule has 82 valence electrons. The molecule has 1 saturated heterocycles. The summed E-state index contributed by atoms with van der Waals surface area (Å²) in [6.07, 6.45) is 3.70. The van der Waals surface area contributed by atoms with Crippen molar-refractivity contribution in [3.63, 3.8) is 0 Å². The van der Waals surface area contributed by atoms with E-state index in [0.29, 0.717) is 6.04 Å². The third kappa shape index (κ3) is 3.52. The number of aliphatic imine (C=N–C) groups is 1. The van der Waals surface area contributed by atoms with Gasteiger partial charge in [0.05, 0.1) is 0 Å². The van der Waals surface area contributed by atoms with E-state index in [4.69, 9.17) is 0 Å². The third-order valence-electron chi connectivity index (χ3n) is 2.89. The molecule has 0 amide bonds. The van der Waals surface area contributed by atoms with Gasteiger partial charge in [0.25, 0.3) is 0 Å². The van der Waals surface area contributed by atoms with Gasteiger partial charge in [-0.05, 0) is 12.3 Å². The smallest absolute Gasteiger partial charge is 0.156 e. The van der Waals surface area contributed by atoms with Crippen molar-refractivity contribution < 1.29 is 0 Å². The Hall–Kier alpha value is -0.180. The van der Waals surface area contributed by atoms with E-state index in [1.165, 1.54) is 30.2 Å². The SMILES string of the molecule is CCC(CC)CN=C1NC(CC)CS1. The van der Waals surface area contributed by atoms with E-state index in [1.54, 1.807) is 0 Å². The fourth-order valence-corrected chi connectivity index (χ4v) is 2.60. The van der Waals surface area contributed by atoms with Gasteiger partial charge >= 0.3 is 0 Å². The van der Waals surface area contributed by atoms with Crippen LogP contribution in [-0.4, -0.2) is 23.5 Å². The molecule has 0 bridgehead atoms. The summed E-state index contributed by atoms with van der Waals surface area (Å²) in [5.74, 6) is 1.96. The summed E-state index contributed by atoms with van der Waals surface area (Å²) in [5.41, 5.74) is 0. The molecule has 1 rings (SSSR count). The first-order chi connectivity index (χ1) is 6.80. The normalized spacial score (nSPS) is 24.6. The van der Waals surface area contributed by atoms with Crippen LogP contribution < -0.4 is 5.32 Å². The lowest BCUT2D eigenvalue weighted by atomic mass is 10.0. The van der Waals surface area contributed by atoms with Gasteiger partial charge in [-0.3, -0.25) is 4.99 Å². The maximum Gasteiger partial charge on any atom is 0.156 e. The minimum atomic E-state index is 0.653. The van der Waals surface area contributed by atoms with Crippen molar-refractivity contribution in [2.45, 2.75) is 46.1 Å². The van der Waals surface area contributed by atoms with Crippen LogP contribution in [0, 0.1) is 5.92 Å². The number of amidine groups is 1. The summed E-state index contributed by atoms with van der Waals surface area (Å²) in [7, 11) is 0. The van der Waals surface area contributed by atoms with Crippen LogP contribution in [0.4, 0.5) is 0 Å². The molecule has 1 aliphatic rings. The molecule has 1 atom stereocenters. The molecule has 1 heterocycles. The van der Waals surface area contributed by atoms with Gasteiger partial charge in [-0.1, -0.05) is 45.4 Å². The summed E-state index contributed by atoms with van der Waals surface area (Å²) in [5, 5.41) is 4.63. The first-order valence-corrected chi connectivity index (χ1v) is 6.72. The lowest BCUT2D eigenvalue weighted by Crippen LogP contribution is -2.26. The lowest BCUT2D eigenvalue weighted by molar-refractivity contribution is 0.505. The predicted octanol–water partition coefficient (Wildman–Crippen LogP) is 2.89. The molecule has 0 saturated carbocycles. The Morgan fingerprint density at radius 3 is 2.64 bits per heavy atom. The van der Waals surface area contributed by atoms with Crippen molar-refractivity contribution in [1.82, 2.24) is 5.32 Å². The zero-order valence-electron chi connectivity index (χ0n) is 9.55. The van der Waals surface area contributed by atoms with E-state index in [0.717, 1.165) is 12.5 Å². The molecule has 1 N–H and O–H groups in total. The van der Waals surface area contributed by atoms with Gasteiger partial charge in [-0.15, -0.1) is 0 Å². The largest absolute Gasteiger partial charge is 0.361 e. The Kier molecular flexibility index (Phi) is 5.38. The highest BCUT2D eigenvalue weighted by Crippen LogP contribution is 2.16. The highest BCUT2D eigenvalue weighted by molar-refractivity contribution is 8.14. The van der Waals surface area contributed by atoms with Gasteiger partial charge < -0.3 is 5.32 Å². The highest BCUT2D eigenvalue weighted by Gasteiger charge is 2.18. The van der Waals surface area contributed by atoms with Crippen LogP contribution >= 0.6 is 11.8 Å². The van der Waals surface area contributed by atoms with Crippen molar-refractivity contribution in [2.75, 3.05) is 12.3 Å². The second kappa shape index (κ2) is 6.33. The molecular weight excluding hydrogens is 192 g/mol. The van der Waals surface area contributed by atoms with E-state index in [1.807, 2.05) is 11.8 Å². The number of nitrogens with zero attached hydrogens (tertiary/aromatic N) is 1. The monoisotopic (exact) mass is 214 g/mol.